The molecular weight excluding hydrogens is 773 g/mol. The van der Waals surface area contributed by atoms with E-state index in [9.17, 15) is 0 Å². The third-order valence-corrected chi connectivity index (χ3v) is 12.3. The number of benzene rings is 9. The maximum Gasteiger partial charge on any atom is 0.164 e. The van der Waals surface area contributed by atoms with E-state index in [1.54, 1.807) is 0 Å². The smallest absolute Gasteiger partial charge is 0.164 e. The van der Waals surface area contributed by atoms with Crippen LogP contribution >= 0.6 is 0 Å². The Kier molecular flexibility index (Phi) is 7.80. The van der Waals surface area contributed by atoms with Gasteiger partial charge in [-0.25, -0.2) is 15.0 Å². The maximum absolute atomic E-state index is 7.15. The van der Waals surface area contributed by atoms with E-state index in [4.69, 9.17) is 23.8 Å². The number of fused-ring (bicyclic) bond motifs is 10. The van der Waals surface area contributed by atoms with Crippen LogP contribution in [0.4, 0.5) is 0 Å². The zero-order valence-electron chi connectivity index (χ0n) is 33.7. The zero-order chi connectivity index (χ0) is 41.4. The summed E-state index contributed by atoms with van der Waals surface area (Å²) < 4.78 is 16.3. The van der Waals surface area contributed by atoms with E-state index in [-0.39, 0.29) is 0 Å². The van der Waals surface area contributed by atoms with Crippen molar-refractivity contribution in [3.63, 3.8) is 0 Å². The molecule has 6 nitrogen and oxygen atoms in total. The average Bonchev–Trinajstić information content (AvgIpc) is 4.05. The Morgan fingerprint density at radius 3 is 1.65 bits per heavy atom. The second-order valence-corrected chi connectivity index (χ2v) is 15.9. The number of para-hydroxylation sites is 3. The molecule has 63 heavy (non-hydrogen) atoms. The summed E-state index contributed by atoms with van der Waals surface area (Å²) in [6, 6.07) is 71.3. The minimum Gasteiger partial charge on any atom is -0.455 e. The molecule has 0 unspecified atom stereocenters. The molecule has 13 rings (SSSR count). The normalized spacial score (nSPS) is 11.8. The molecule has 0 atom stereocenters. The molecule has 0 aliphatic rings. The fourth-order valence-corrected chi connectivity index (χ4v) is 9.38. The highest BCUT2D eigenvalue weighted by Gasteiger charge is 2.24. The zero-order valence-corrected chi connectivity index (χ0v) is 33.7. The lowest BCUT2D eigenvalue weighted by molar-refractivity contribution is 0.670. The number of nitrogens with zero attached hydrogens (tertiary/aromatic N) is 4. The van der Waals surface area contributed by atoms with Gasteiger partial charge in [-0.2, -0.15) is 0 Å². The van der Waals surface area contributed by atoms with Crippen molar-refractivity contribution in [3.8, 4) is 62.1 Å². The fraction of sp³-hybridized carbons (Fsp3) is 0. The topological polar surface area (TPSA) is 69.9 Å². The quantitative estimate of drug-likeness (QED) is 0.167. The number of rotatable bonds is 6. The van der Waals surface area contributed by atoms with Crippen LogP contribution < -0.4 is 0 Å². The summed E-state index contributed by atoms with van der Waals surface area (Å²) in [6.45, 7) is 0. The molecule has 0 aliphatic carbocycles. The number of aromatic nitrogens is 4. The Bertz CT molecular complexity index is 3830. The van der Waals surface area contributed by atoms with Crippen molar-refractivity contribution in [2.45, 2.75) is 0 Å². The first-order valence-electron chi connectivity index (χ1n) is 21.1. The second kappa shape index (κ2) is 14.0. The van der Waals surface area contributed by atoms with Crippen molar-refractivity contribution < 1.29 is 8.83 Å². The molecule has 0 radical (unpaired) electrons. The van der Waals surface area contributed by atoms with Crippen molar-refractivity contribution in [2.75, 3.05) is 0 Å². The van der Waals surface area contributed by atoms with E-state index in [0.717, 1.165) is 105 Å². The number of hydrogen-bond donors (Lipinski definition) is 0. The Labute approximate surface area is 361 Å². The molecular formula is C57H34N4O2. The van der Waals surface area contributed by atoms with Gasteiger partial charge in [-0.3, -0.25) is 0 Å². The molecule has 294 valence electrons. The number of furan rings is 2. The highest BCUT2D eigenvalue weighted by atomic mass is 16.3. The largest absolute Gasteiger partial charge is 0.455 e. The summed E-state index contributed by atoms with van der Waals surface area (Å²) >= 11 is 0. The van der Waals surface area contributed by atoms with E-state index < -0.39 is 0 Å². The van der Waals surface area contributed by atoms with Gasteiger partial charge in [-0.1, -0.05) is 158 Å². The molecule has 4 heterocycles. The lowest BCUT2D eigenvalue weighted by atomic mass is 9.96. The van der Waals surface area contributed by atoms with E-state index in [2.05, 4.69) is 144 Å². The van der Waals surface area contributed by atoms with Gasteiger partial charge in [0, 0.05) is 65.8 Å². The summed E-state index contributed by atoms with van der Waals surface area (Å²) in [4.78, 5) is 15.3. The van der Waals surface area contributed by atoms with Gasteiger partial charge in [0.2, 0.25) is 0 Å². The fourth-order valence-electron chi connectivity index (χ4n) is 9.38. The van der Waals surface area contributed by atoms with Crippen LogP contribution in [0.25, 0.3) is 128 Å². The van der Waals surface area contributed by atoms with Gasteiger partial charge in [0.1, 0.15) is 16.7 Å². The Hall–Kier alpha value is -8.61. The highest BCUT2D eigenvalue weighted by Crippen LogP contribution is 2.46. The van der Waals surface area contributed by atoms with Crippen molar-refractivity contribution in [1.82, 2.24) is 19.5 Å². The molecule has 0 N–H and O–H groups in total. The summed E-state index contributed by atoms with van der Waals surface area (Å²) in [5, 5.41) is 6.37. The highest BCUT2D eigenvalue weighted by molar-refractivity contribution is 6.22. The molecule has 9 aromatic carbocycles. The standard InChI is InChI=1S/C57H34N4O2/c1-5-16-35(17-6-1)41-29-32-46(57-59-55(36-18-7-2-8-19-36)58-56(60-57)37-20-9-3-10-21-37)50-45-26-15-25-40(52(45)63-53(41)50)38-28-33-49-47(34-38)44-31-30-43-42-24-13-14-27-48(42)61(51(43)54(44)62-49)39-22-11-4-12-23-39/h1-34H. The van der Waals surface area contributed by atoms with Crippen LogP contribution in [-0.4, -0.2) is 19.5 Å². The molecule has 0 saturated carbocycles. The van der Waals surface area contributed by atoms with E-state index in [0.29, 0.717) is 17.5 Å². The Morgan fingerprint density at radius 1 is 0.333 bits per heavy atom. The first kappa shape index (κ1) is 35.2. The average molecular weight is 807 g/mol. The Morgan fingerprint density at radius 2 is 0.921 bits per heavy atom. The first-order chi connectivity index (χ1) is 31.2. The molecule has 0 fully saturated rings. The number of hydrogen-bond acceptors (Lipinski definition) is 5. The van der Waals surface area contributed by atoms with Crippen molar-refractivity contribution in [2.24, 2.45) is 0 Å². The molecule has 13 aromatic rings. The van der Waals surface area contributed by atoms with Crippen LogP contribution in [0.15, 0.2) is 215 Å². The minimum absolute atomic E-state index is 0.575. The SMILES string of the molecule is c1ccc(-c2nc(-c3ccccc3)nc(-c3ccc(-c4ccccc4)c4oc5c(-c6ccc7oc8c(ccc9c%10ccccc%10n(-c%10ccccc%10)c98)c7c6)cccc5c34)n2)cc1. The van der Waals surface area contributed by atoms with Crippen LogP contribution in [0, 0.1) is 0 Å². The van der Waals surface area contributed by atoms with Gasteiger partial charge in [-0.15, -0.1) is 0 Å². The molecule has 0 spiro atoms. The van der Waals surface area contributed by atoms with Crippen LogP contribution in [0.5, 0.6) is 0 Å². The van der Waals surface area contributed by atoms with E-state index in [1.165, 1.54) is 5.39 Å². The first-order valence-corrected chi connectivity index (χ1v) is 21.1. The minimum atomic E-state index is 0.575. The molecule has 0 bridgehead atoms. The van der Waals surface area contributed by atoms with Crippen molar-refractivity contribution >= 4 is 65.7 Å². The van der Waals surface area contributed by atoms with Crippen molar-refractivity contribution in [1.29, 1.82) is 0 Å². The van der Waals surface area contributed by atoms with E-state index >= 15 is 0 Å². The van der Waals surface area contributed by atoms with Crippen LogP contribution in [0.3, 0.4) is 0 Å². The summed E-state index contributed by atoms with van der Waals surface area (Å²) in [7, 11) is 0. The lowest BCUT2D eigenvalue weighted by Gasteiger charge is -2.10. The van der Waals surface area contributed by atoms with Gasteiger partial charge >= 0.3 is 0 Å². The predicted molar refractivity (Wildman–Crippen MR) is 256 cm³/mol. The third-order valence-electron chi connectivity index (χ3n) is 12.3. The monoisotopic (exact) mass is 806 g/mol. The predicted octanol–water partition coefficient (Wildman–Crippen LogP) is 15.1. The molecule has 6 heteroatoms. The molecule has 0 saturated heterocycles. The molecule has 0 aliphatic heterocycles. The molecule has 4 aromatic heterocycles. The summed E-state index contributed by atoms with van der Waals surface area (Å²) in [5.74, 6) is 1.79. The van der Waals surface area contributed by atoms with E-state index in [1.807, 2.05) is 66.7 Å². The van der Waals surface area contributed by atoms with Gasteiger partial charge in [0.15, 0.2) is 23.1 Å². The van der Waals surface area contributed by atoms with Crippen LogP contribution in [-0.2, 0) is 0 Å². The van der Waals surface area contributed by atoms with Gasteiger partial charge < -0.3 is 13.4 Å². The van der Waals surface area contributed by atoms with Crippen molar-refractivity contribution in [3.05, 3.63) is 206 Å². The summed E-state index contributed by atoms with van der Waals surface area (Å²) in [6.07, 6.45) is 0. The van der Waals surface area contributed by atoms with Crippen LogP contribution in [0.1, 0.15) is 0 Å². The maximum atomic E-state index is 7.15. The molecule has 0 amide bonds. The second-order valence-electron chi connectivity index (χ2n) is 15.9. The third kappa shape index (κ3) is 5.55. The lowest BCUT2D eigenvalue weighted by Crippen LogP contribution is -2.00. The summed E-state index contributed by atoms with van der Waals surface area (Å²) in [5.41, 5.74) is 13.3. The Balaban J connectivity index is 1.05. The van der Waals surface area contributed by atoms with Gasteiger partial charge in [0.25, 0.3) is 0 Å². The van der Waals surface area contributed by atoms with Gasteiger partial charge in [-0.05, 0) is 59.7 Å². The van der Waals surface area contributed by atoms with Crippen LogP contribution in [0.2, 0.25) is 0 Å². The van der Waals surface area contributed by atoms with Gasteiger partial charge in [0.05, 0.1) is 11.0 Å².